The van der Waals surface area contributed by atoms with Crippen molar-refractivity contribution in [2.45, 2.75) is 45.6 Å². The molecule has 0 aliphatic carbocycles. The molecule has 1 unspecified atom stereocenters. The lowest BCUT2D eigenvalue weighted by Crippen LogP contribution is -1.96. The molecule has 0 amide bonds. The van der Waals surface area contributed by atoms with Gasteiger partial charge in [-0.15, -0.1) is 0 Å². The molecular weight excluding hydrogens is 238 g/mol. The summed E-state index contributed by atoms with van der Waals surface area (Å²) in [6, 6.07) is 6.22. The molecule has 1 aliphatic rings. The first-order valence-corrected chi connectivity index (χ1v) is 7.24. The third-order valence-corrected chi connectivity index (χ3v) is 3.72. The van der Waals surface area contributed by atoms with E-state index in [0.29, 0.717) is 5.92 Å². The number of hydrogen-bond donors (Lipinski definition) is 0. The van der Waals surface area contributed by atoms with Gasteiger partial charge in [0.25, 0.3) is 0 Å². The summed E-state index contributed by atoms with van der Waals surface area (Å²) in [5.74, 6) is 1.46. The molecule has 1 fully saturated rings. The molecule has 1 aromatic heterocycles. The third kappa shape index (κ3) is 2.66. The zero-order valence-corrected chi connectivity index (χ0v) is 11.7. The van der Waals surface area contributed by atoms with Gasteiger partial charge >= 0.3 is 0 Å². The highest BCUT2D eigenvalue weighted by atomic mass is 16.5. The topological polar surface area (TPSA) is 35.3 Å². The third-order valence-electron chi connectivity index (χ3n) is 3.72. The molecule has 3 nitrogen and oxygen atoms in total. The number of aromatic nitrogens is 1. The van der Waals surface area contributed by atoms with E-state index in [2.05, 4.69) is 31.0 Å². The van der Waals surface area contributed by atoms with E-state index in [1.807, 2.05) is 6.07 Å². The van der Waals surface area contributed by atoms with Crippen LogP contribution in [0.5, 0.6) is 0 Å². The highest BCUT2D eigenvalue weighted by molar-refractivity contribution is 5.76. The van der Waals surface area contributed by atoms with Crippen molar-refractivity contribution in [3.05, 3.63) is 29.7 Å². The summed E-state index contributed by atoms with van der Waals surface area (Å²) in [5, 5.41) is 0. The molecular formula is C16H21NO2. The summed E-state index contributed by atoms with van der Waals surface area (Å²) in [7, 11) is 0. The van der Waals surface area contributed by atoms with Crippen LogP contribution in [0.15, 0.2) is 22.6 Å². The Hall–Kier alpha value is -1.35. The molecule has 0 radical (unpaired) electrons. The zero-order chi connectivity index (χ0) is 13.2. The Balaban J connectivity index is 1.90. The largest absolute Gasteiger partial charge is 0.438 e. The summed E-state index contributed by atoms with van der Waals surface area (Å²) in [5.41, 5.74) is 3.21. The van der Waals surface area contributed by atoms with Crippen molar-refractivity contribution in [3.63, 3.8) is 0 Å². The van der Waals surface area contributed by atoms with Crippen LogP contribution in [0, 0.1) is 5.92 Å². The Kier molecular flexibility index (Phi) is 3.56. The SMILES string of the molecule is CC(C)CCc1cccc2oc(C3CCCO3)nc12. The van der Waals surface area contributed by atoms with E-state index in [4.69, 9.17) is 9.15 Å². The monoisotopic (exact) mass is 259 g/mol. The normalized spacial score (nSPS) is 19.6. The summed E-state index contributed by atoms with van der Waals surface area (Å²) < 4.78 is 11.5. The Morgan fingerprint density at radius 1 is 1.37 bits per heavy atom. The van der Waals surface area contributed by atoms with E-state index < -0.39 is 0 Å². The standard InChI is InChI=1S/C16H21NO2/c1-11(2)8-9-12-5-3-6-13-15(12)17-16(19-13)14-7-4-10-18-14/h3,5-6,11,14H,4,7-10H2,1-2H3. The van der Waals surface area contributed by atoms with E-state index in [1.54, 1.807) is 0 Å². The van der Waals surface area contributed by atoms with Crippen LogP contribution in [0.2, 0.25) is 0 Å². The van der Waals surface area contributed by atoms with E-state index in [9.17, 15) is 0 Å². The van der Waals surface area contributed by atoms with Crippen LogP contribution >= 0.6 is 0 Å². The quantitative estimate of drug-likeness (QED) is 0.822. The molecule has 0 bridgehead atoms. The molecule has 0 N–H and O–H groups in total. The van der Waals surface area contributed by atoms with E-state index >= 15 is 0 Å². The first-order valence-electron chi connectivity index (χ1n) is 7.24. The molecule has 1 aromatic carbocycles. The molecule has 1 atom stereocenters. The lowest BCUT2D eigenvalue weighted by atomic mass is 10.0. The maximum Gasteiger partial charge on any atom is 0.224 e. The first-order chi connectivity index (χ1) is 9.24. The molecule has 1 saturated heterocycles. The van der Waals surface area contributed by atoms with Crippen molar-refractivity contribution in [1.29, 1.82) is 0 Å². The van der Waals surface area contributed by atoms with Crippen LogP contribution in [0.3, 0.4) is 0 Å². The molecule has 19 heavy (non-hydrogen) atoms. The van der Waals surface area contributed by atoms with E-state index in [0.717, 1.165) is 42.9 Å². The van der Waals surface area contributed by atoms with E-state index in [-0.39, 0.29) is 6.10 Å². The molecule has 3 heteroatoms. The zero-order valence-electron chi connectivity index (χ0n) is 11.7. The van der Waals surface area contributed by atoms with Gasteiger partial charge in [-0.25, -0.2) is 4.98 Å². The molecule has 2 aromatic rings. The van der Waals surface area contributed by atoms with Crippen LogP contribution in [-0.4, -0.2) is 11.6 Å². The minimum Gasteiger partial charge on any atom is -0.438 e. The maximum atomic E-state index is 5.86. The molecule has 0 saturated carbocycles. The van der Waals surface area contributed by atoms with Gasteiger partial charge in [-0.3, -0.25) is 0 Å². The lowest BCUT2D eigenvalue weighted by molar-refractivity contribution is 0.0907. The predicted molar refractivity (Wildman–Crippen MR) is 75.1 cm³/mol. The molecule has 0 spiro atoms. The second kappa shape index (κ2) is 5.33. The number of oxazole rings is 1. The average Bonchev–Trinajstić information content (AvgIpc) is 3.04. The van der Waals surface area contributed by atoms with Crippen molar-refractivity contribution in [1.82, 2.24) is 4.98 Å². The number of rotatable bonds is 4. The van der Waals surface area contributed by atoms with Crippen molar-refractivity contribution < 1.29 is 9.15 Å². The fourth-order valence-electron chi connectivity index (χ4n) is 2.58. The average molecular weight is 259 g/mol. The highest BCUT2D eigenvalue weighted by Crippen LogP contribution is 2.31. The van der Waals surface area contributed by atoms with Crippen molar-refractivity contribution in [3.8, 4) is 0 Å². The van der Waals surface area contributed by atoms with Crippen LogP contribution in [0.1, 0.15) is 50.7 Å². The van der Waals surface area contributed by atoms with Gasteiger partial charge in [-0.05, 0) is 43.2 Å². The summed E-state index contributed by atoms with van der Waals surface area (Å²) in [4.78, 5) is 4.68. The molecule has 2 heterocycles. The first kappa shape index (κ1) is 12.7. The van der Waals surface area contributed by atoms with Gasteiger partial charge in [-0.1, -0.05) is 26.0 Å². The minimum absolute atomic E-state index is 0.0605. The molecule has 1 aliphatic heterocycles. The second-order valence-corrected chi connectivity index (χ2v) is 5.75. The van der Waals surface area contributed by atoms with Crippen LogP contribution in [0.4, 0.5) is 0 Å². The summed E-state index contributed by atoms with van der Waals surface area (Å²) in [6.45, 7) is 5.32. The van der Waals surface area contributed by atoms with Crippen molar-refractivity contribution in [2.75, 3.05) is 6.61 Å². The number of ether oxygens (including phenoxy) is 1. The van der Waals surface area contributed by atoms with Crippen molar-refractivity contribution >= 4 is 11.1 Å². The Bertz CT molecular complexity index is 553. The van der Waals surface area contributed by atoms with Gasteiger partial charge in [0, 0.05) is 6.61 Å². The van der Waals surface area contributed by atoms with Gasteiger partial charge in [0.15, 0.2) is 5.58 Å². The predicted octanol–water partition coefficient (Wildman–Crippen LogP) is 4.27. The van der Waals surface area contributed by atoms with Gasteiger partial charge in [0.05, 0.1) is 0 Å². The van der Waals surface area contributed by atoms with Gasteiger partial charge < -0.3 is 9.15 Å². The van der Waals surface area contributed by atoms with E-state index in [1.165, 1.54) is 12.0 Å². The van der Waals surface area contributed by atoms with Gasteiger partial charge in [0.1, 0.15) is 11.6 Å². The Labute approximate surface area is 114 Å². The number of fused-ring (bicyclic) bond motifs is 1. The maximum absolute atomic E-state index is 5.86. The van der Waals surface area contributed by atoms with Gasteiger partial charge in [-0.2, -0.15) is 0 Å². The second-order valence-electron chi connectivity index (χ2n) is 5.75. The lowest BCUT2D eigenvalue weighted by Gasteiger charge is -2.04. The highest BCUT2D eigenvalue weighted by Gasteiger charge is 2.23. The number of para-hydroxylation sites is 1. The number of aryl methyl sites for hydroxylation is 1. The summed E-state index contributed by atoms with van der Waals surface area (Å²) >= 11 is 0. The van der Waals surface area contributed by atoms with Crippen LogP contribution in [-0.2, 0) is 11.2 Å². The minimum atomic E-state index is 0.0605. The van der Waals surface area contributed by atoms with Crippen LogP contribution < -0.4 is 0 Å². The fraction of sp³-hybridized carbons (Fsp3) is 0.562. The van der Waals surface area contributed by atoms with Crippen LogP contribution in [0.25, 0.3) is 11.1 Å². The number of hydrogen-bond acceptors (Lipinski definition) is 3. The van der Waals surface area contributed by atoms with Crippen molar-refractivity contribution in [2.24, 2.45) is 5.92 Å². The molecule has 3 rings (SSSR count). The Morgan fingerprint density at radius 2 is 2.26 bits per heavy atom. The number of benzene rings is 1. The Morgan fingerprint density at radius 3 is 3.00 bits per heavy atom. The van der Waals surface area contributed by atoms with Gasteiger partial charge in [0.2, 0.25) is 5.89 Å². The summed E-state index contributed by atoms with van der Waals surface area (Å²) in [6.07, 6.45) is 4.43. The fourth-order valence-corrected chi connectivity index (χ4v) is 2.58. The molecule has 102 valence electrons. The number of nitrogens with zero attached hydrogens (tertiary/aromatic N) is 1. The smallest absolute Gasteiger partial charge is 0.224 e.